The van der Waals surface area contributed by atoms with E-state index >= 15 is 0 Å². The second kappa shape index (κ2) is 9.76. The van der Waals surface area contributed by atoms with E-state index in [0.29, 0.717) is 36.5 Å². The first kappa shape index (κ1) is 24.0. The van der Waals surface area contributed by atoms with Gasteiger partial charge >= 0.3 is 6.09 Å². The third-order valence-electron chi connectivity index (χ3n) is 7.10. The molecule has 2 aliphatic heterocycles. The number of ether oxygens (including phenoxy) is 1. The normalized spacial score (nSPS) is 16.9. The molecule has 6 rings (SSSR count). The molecule has 0 bridgehead atoms. The summed E-state index contributed by atoms with van der Waals surface area (Å²) in [6.07, 6.45) is 1.23. The number of anilines is 2. The molecule has 3 aromatic rings. The van der Waals surface area contributed by atoms with Gasteiger partial charge in [0.05, 0.1) is 12.2 Å². The number of nitrogens with one attached hydrogen (secondary N) is 1. The number of piperidine rings is 1. The first-order valence-electron chi connectivity index (χ1n) is 11.9. The van der Waals surface area contributed by atoms with Gasteiger partial charge in [-0.2, -0.15) is 0 Å². The molecule has 3 aliphatic rings. The third-order valence-corrected chi connectivity index (χ3v) is 7.10. The van der Waals surface area contributed by atoms with Crippen molar-refractivity contribution in [2.75, 3.05) is 29.9 Å². The number of rotatable bonds is 4. The number of carbonyl (C=O) groups excluding carboxylic acids is 3. The van der Waals surface area contributed by atoms with Gasteiger partial charge in [-0.3, -0.25) is 19.4 Å². The third kappa shape index (κ3) is 4.25. The van der Waals surface area contributed by atoms with E-state index in [0.717, 1.165) is 35.2 Å². The first-order chi connectivity index (χ1) is 17.1. The van der Waals surface area contributed by atoms with Crippen LogP contribution >= 0.6 is 12.4 Å². The minimum Gasteiger partial charge on any atom is -0.444 e. The van der Waals surface area contributed by atoms with Crippen molar-refractivity contribution in [1.29, 1.82) is 0 Å². The SMILES string of the molecule is Cl.O=C(CN1CCC(N2C(=O)OCc3ccccc32)CC1)Nc1ccc2c(c1)C(=O)c1ccccc1-2. The predicted octanol–water partition coefficient (Wildman–Crippen LogP) is 4.88. The lowest BCUT2D eigenvalue weighted by molar-refractivity contribution is -0.117. The number of nitrogens with zero attached hydrogens (tertiary/aromatic N) is 2. The zero-order valence-electron chi connectivity index (χ0n) is 19.6. The largest absolute Gasteiger partial charge is 0.444 e. The summed E-state index contributed by atoms with van der Waals surface area (Å²) in [4.78, 5) is 41.9. The molecule has 1 aliphatic carbocycles. The number of para-hydroxylation sites is 1. The summed E-state index contributed by atoms with van der Waals surface area (Å²) in [6.45, 7) is 1.99. The Hall–Kier alpha value is -3.68. The van der Waals surface area contributed by atoms with Crippen LogP contribution < -0.4 is 10.2 Å². The van der Waals surface area contributed by atoms with Gasteiger partial charge in [-0.1, -0.05) is 48.5 Å². The van der Waals surface area contributed by atoms with E-state index in [1.807, 2.05) is 60.7 Å². The van der Waals surface area contributed by atoms with E-state index in [4.69, 9.17) is 4.74 Å². The van der Waals surface area contributed by atoms with Crippen molar-refractivity contribution in [3.63, 3.8) is 0 Å². The number of hydrogen-bond donors (Lipinski definition) is 1. The predicted molar refractivity (Wildman–Crippen MR) is 140 cm³/mol. The maximum Gasteiger partial charge on any atom is 0.414 e. The Morgan fingerprint density at radius 3 is 2.39 bits per heavy atom. The van der Waals surface area contributed by atoms with Crippen molar-refractivity contribution < 1.29 is 19.1 Å². The molecule has 36 heavy (non-hydrogen) atoms. The highest BCUT2D eigenvalue weighted by molar-refractivity contribution is 6.22. The van der Waals surface area contributed by atoms with E-state index in [2.05, 4.69) is 10.2 Å². The van der Waals surface area contributed by atoms with Crippen LogP contribution in [-0.2, 0) is 16.1 Å². The lowest BCUT2D eigenvalue weighted by atomic mass is 10.0. The second-order valence-corrected chi connectivity index (χ2v) is 9.24. The summed E-state index contributed by atoms with van der Waals surface area (Å²) in [5, 5.41) is 2.94. The number of amides is 2. The molecule has 0 saturated carbocycles. The number of cyclic esters (lactones) is 1. The van der Waals surface area contributed by atoms with Crippen molar-refractivity contribution >= 4 is 41.6 Å². The number of likely N-dealkylation sites (tertiary alicyclic amines) is 1. The van der Waals surface area contributed by atoms with Crippen molar-refractivity contribution in [1.82, 2.24) is 4.90 Å². The van der Waals surface area contributed by atoms with Crippen LogP contribution in [-0.4, -0.2) is 48.4 Å². The first-order valence-corrected chi connectivity index (χ1v) is 11.9. The smallest absolute Gasteiger partial charge is 0.414 e. The molecular formula is C28H26ClN3O4. The summed E-state index contributed by atoms with van der Waals surface area (Å²) in [5.41, 5.74) is 5.74. The summed E-state index contributed by atoms with van der Waals surface area (Å²) in [7, 11) is 0. The van der Waals surface area contributed by atoms with Gasteiger partial charge in [0.25, 0.3) is 0 Å². The van der Waals surface area contributed by atoms with Crippen molar-refractivity contribution in [3.8, 4) is 11.1 Å². The highest BCUT2D eigenvalue weighted by Gasteiger charge is 2.34. The molecule has 0 spiro atoms. The van der Waals surface area contributed by atoms with Gasteiger partial charge in [-0.25, -0.2) is 4.79 Å². The average molecular weight is 504 g/mol. The van der Waals surface area contributed by atoms with Crippen molar-refractivity contribution in [2.24, 2.45) is 0 Å². The summed E-state index contributed by atoms with van der Waals surface area (Å²) in [6, 6.07) is 21.0. The van der Waals surface area contributed by atoms with Crippen LogP contribution in [0.1, 0.15) is 34.3 Å². The number of hydrogen-bond acceptors (Lipinski definition) is 5. The topological polar surface area (TPSA) is 79.0 Å². The van der Waals surface area contributed by atoms with E-state index in [-0.39, 0.29) is 42.8 Å². The molecule has 3 aromatic carbocycles. The maximum atomic E-state index is 12.8. The molecule has 7 nitrogen and oxygen atoms in total. The molecule has 0 atom stereocenters. The van der Waals surface area contributed by atoms with Crippen LogP contribution in [0.3, 0.4) is 0 Å². The molecule has 1 saturated heterocycles. The Bertz CT molecular complexity index is 1350. The van der Waals surface area contributed by atoms with Gasteiger partial charge in [0.1, 0.15) is 6.61 Å². The van der Waals surface area contributed by atoms with Gasteiger partial charge in [-0.05, 0) is 42.2 Å². The molecule has 1 fully saturated rings. The average Bonchev–Trinajstić information content (AvgIpc) is 3.16. The molecule has 0 radical (unpaired) electrons. The molecule has 0 unspecified atom stereocenters. The Balaban J connectivity index is 0.00000267. The maximum absolute atomic E-state index is 12.8. The number of carbonyl (C=O) groups is 3. The molecular weight excluding hydrogens is 478 g/mol. The van der Waals surface area contributed by atoms with E-state index in [9.17, 15) is 14.4 Å². The highest BCUT2D eigenvalue weighted by Crippen LogP contribution is 2.37. The fourth-order valence-electron chi connectivity index (χ4n) is 5.37. The Morgan fingerprint density at radius 1 is 0.889 bits per heavy atom. The molecule has 8 heteroatoms. The number of halogens is 1. The summed E-state index contributed by atoms with van der Waals surface area (Å²) < 4.78 is 5.37. The number of ketones is 1. The van der Waals surface area contributed by atoms with Crippen LogP contribution in [0.2, 0.25) is 0 Å². The lowest BCUT2D eigenvalue weighted by Crippen LogP contribution is -2.50. The fraction of sp³-hybridized carbons (Fsp3) is 0.250. The van der Waals surface area contributed by atoms with Gasteiger partial charge in [-0.15, -0.1) is 12.4 Å². The molecule has 2 heterocycles. The van der Waals surface area contributed by atoms with Gasteiger partial charge in [0, 0.05) is 41.5 Å². The Morgan fingerprint density at radius 2 is 1.58 bits per heavy atom. The molecule has 0 aromatic heterocycles. The van der Waals surface area contributed by atoms with Crippen LogP contribution in [0.5, 0.6) is 0 Å². The number of fused-ring (bicyclic) bond motifs is 4. The van der Waals surface area contributed by atoms with E-state index in [1.165, 1.54) is 0 Å². The van der Waals surface area contributed by atoms with Crippen LogP contribution in [0.25, 0.3) is 11.1 Å². The fourth-order valence-corrected chi connectivity index (χ4v) is 5.37. The second-order valence-electron chi connectivity index (χ2n) is 9.24. The minimum absolute atomic E-state index is 0. The van der Waals surface area contributed by atoms with E-state index < -0.39 is 0 Å². The summed E-state index contributed by atoms with van der Waals surface area (Å²) >= 11 is 0. The minimum atomic E-state index is -0.298. The Kier molecular flexibility index (Phi) is 6.51. The van der Waals surface area contributed by atoms with Crippen molar-refractivity contribution in [3.05, 3.63) is 83.4 Å². The monoisotopic (exact) mass is 503 g/mol. The van der Waals surface area contributed by atoms with Crippen LogP contribution in [0.15, 0.2) is 66.7 Å². The van der Waals surface area contributed by atoms with Gasteiger partial charge < -0.3 is 10.1 Å². The van der Waals surface area contributed by atoms with Crippen LogP contribution in [0.4, 0.5) is 16.2 Å². The molecule has 2 amide bonds. The van der Waals surface area contributed by atoms with Crippen LogP contribution in [0, 0.1) is 0 Å². The van der Waals surface area contributed by atoms with Crippen molar-refractivity contribution in [2.45, 2.75) is 25.5 Å². The Labute approximate surface area is 215 Å². The van der Waals surface area contributed by atoms with Gasteiger partial charge in [0.2, 0.25) is 5.91 Å². The highest BCUT2D eigenvalue weighted by atomic mass is 35.5. The zero-order chi connectivity index (χ0) is 23.9. The van der Waals surface area contributed by atoms with Gasteiger partial charge in [0.15, 0.2) is 5.78 Å². The number of benzene rings is 3. The quantitative estimate of drug-likeness (QED) is 0.429. The molecule has 184 valence electrons. The summed E-state index contributed by atoms with van der Waals surface area (Å²) in [5.74, 6) is -0.124. The zero-order valence-corrected chi connectivity index (χ0v) is 20.4. The molecule has 1 N–H and O–H groups in total. The standard InChI is InChI=1S/C28H25N3O4.ClH/c32-26(29-19-9-10-22-21-6-2-3-7-23(21)27(33)24(22)15-19)16-30-13-11-20(12-14-30)31-25-8-4-1-5-18(25)17-35-28(31)34;/h1-10,15,20H,11-14,16-17H2,(H,29,32);1H. The lowest BCUT2D eigenvalue weighted by Gasteiger charge is -2.40. The van der Waals surface area contributed by atoms with E-state index in [1.54, 1.807) is 11.0 Å².